The maximum atomic E-state index is 13.3. The number of ether oxygens (including phenoxy) is 3. The minimum atomic E-state index is -0.372. The number of hydrogen-bond acceptors (Lipinski definition) is 6. The van der Waals surface area contributed by atoms with Crippen molar-refractivity contribution < 1.29 is 19.3 Å². The lowest BCUT2D eigenvalue weighted by atomic mass is 10.1. The number of aliphatic imine (C=N–C) groups is 1. The molecule has 0 aliphatic heterocycles. The van der Waals surface area contributed by atoms with Gasteiger partial charge >= 0.3 is 0 Å². The fourth-order valence-corrected chi connectivity index (χ4v) is 3.43. The number of benzene rings is 3. The molecule has 0 aliphatic carbocycles. The summed E-state index contributed by atoms with van der Waals surface area (Å²) in [6, 6.07) is 19.2. The largest absolute Gasteiger partial charge is 0.497 e. The van der Waals surface area contributed by atoms with E-state index in [1.54, 1.807) is 87.2 Å². The number of fused-ring (bicyclic) bond motifs is 1. The minimum absolute atomic E-state index is 0.213. The van der Waals surface area contributed by atoms with Crippen LogP contribution in [0.3, 0.4) is 0 Å². The molecule has 0 radical (unpaired) electrons. The van der Waals surface area contributed by atoms with E-state index in [4.69, 9.17) is 14.2 Å². The van der Waals surface area contributed by atoms with E-state index in [0.29, 0.717) is 39.2 Å². The highest BCUT2D eigenvalue weighted by Gasteiger charge is 2.17. The number of pyridine rings is 1. The first kappa shape index (κ1) is 21.0. The average molecular weight is 430 g/mol. The molecule has 7 heteroatoms. The first-order valence-electron chi connectivity index (χ1n) is 9.84. The SMILES string of the molecule is COc1ccc(N=Cc2c(O)n(-c3ccc(OC)cc3)c(=O)c3cc(OC)ccc23)cc1. The van der Waals surface area contributed by atoms with Crippen LogP contribution < -0.4 is 19.8 Å². The van der Waals surface area contributed by atoms with E-state index >= 15 is 0 Å². The molecule has 0 bridgehead atoms. The standard InChI is InChI=1S/C25H22N2O5/c1-30-18-8-4-16(5-9-18)26-15-23-21-13-12-20(32-3)14-22(21)24(28)27(25(23)29)17-6-10-19(31-2)11-7-17/h4-15,29H,1-3H3. The second-order valence-electron chi connectivity index (χ2n) is 6.94. The number of aromatic nitrogens is 1. The molecule has 0 fully saturated rings. The summed E-state index contributed by atoms with van der Waals surface area (Å²) in [7, 11) is 4.70. The van der Waals surface area contributed by atoms with Crippen molar-refractivity contribution in [3.8, 4) is 28.8 Å². The Kier molecular flexibility index (Phi) is 5.81. The van der Waals surface area contributed by atoms with Gasteiger partial charge in [-0.25, -0.2) is 4.57 Å². The van der Waals surface area contributed by atoms with E-state index in [0.717, 1.165) is 5.75 Å². The van der Waals surface area contributed by atoms with E-state index < -0.39 is 0 Å². The molecular weight excluding hydrogens is 408 g/mol. The molecule has 0 saturated carbocycles. The lowest BCUT2D eigenvalue weighted by Crippen LogP contribution is -2.20. The van der Waals surface area contributed by atoms with Gasteiger partial charge < -0.3 is 19.3 Å². The molecule has 0 spiro atoms. The lowest BCUT2D eigenvalue weighted by molar-refractivity contribution is 0.414. The van der Waals surface area contributed by atoms with Crippen molar-refractivity contribution >= 4 is 22.7 Å². The molecule has 0 aliphatic rings. The second-order valence-corrected chi connectivity index (χ2v) is 6.94. The highest BCUT2D eigenvalue weighted by atomic mass is 16.5. The summed E-state index contributed by atoms with van der Waals surface area (Å²) < 4.78 is 16.9. The number of methoxy groups -OCH3 is 3. The summed E-state index contributed by atoms with van der Waals surface area (Å²) in [5.41, 5.74) is 1.21. The van der Waals surface area contributed by atoms with E-state index in [9.17, 15) is 9.90 Å². The van der Waals surface area contributed by atoms with E-state index in [-0.39, 0.29) is 11.4 Å². The van der Waals surface area contributed by atoms with Crippen molar-refractivity contribution in [2.45, 2.75) is 0 Å². The molecule has 162 valence electrons. The van der Waals surface area contributed by atoms with Crippen LogP contribution in [0.25, 0.3) is 16.5 Å². The third kappa shape index (κ3) is 3.88. The van der Waals surface area contributed by atoms with Crippen molar-refractivity contribution in [2.75, 3.05) is 21.3 Å². The molecule has 4 aromatic rings. The maximum Gasteiger partial charge on any atom is 0.265 e. The van der Waals surface area contributed by atoms with Gasteiger partial charge in [0.2, 0.25) is 5.88 Å². The molecule has 3 aromatic carbocycles. The van der Waals surface area contributed by atoms with Gasteiger partial charge in [-0.15, -0.1) is 0 Å². The van der Waals surface area contributed by atoms with Gasteiger partial charge in [0.15, 0.2) is 0 Å². The Balaban J connectivity index is 1.93. The summed E-state index contributed by atoms with van der Waals surface area (Å²) >= 11 is 0. The van der Waals surface area contributed by atoms with E-state index in [1.165, 1.54) is 11.7 Å². The van der Waals surface area contributed by atoms with Crippen molar-refractivity contribution in [2.24, 2.45) is 4.99 Å². The Bertz CT molecular complexity index is 1340. The zero-order chi connectivity index (χ0) is 22.7. The summed E-state index contributed by atoms with van der Waals surface area (Å²) in [6.07, 6.45) is 1.55. The Morgan fingerprint density at radius 2 is 1.34 bits per heavy atom. The van der Waals surface area contributed by atoms with Crippen LogP contribution in [-0.2, 0) is 0 Å². The van der Waals surface area contributed by atoms with Gasteiger partial charge in [0.25, 0.3) is 5.56 Å². The molecule has 32 heavy (non-hydrogen) atoms. The minimum Gasteiger partial charge on any atom is -0.497 e. The summed E-state index contributed by atoms with van der Waals surface area (Å²) in [4.78, 5) is 17.8. The second kappa shape index (κ2) is 8.85. The molecule has 0 saturated heterocycles. The number of hydrogen-bond donors (Lipinski definition) is 1. The monoisotopic (exact) mass is 430 g/mol. The third-order valence-electron chi connectivity index (χ3n) is 5.15. The molecule has 0 atom stereocenters. The Morgan fingerprint density at radius 3 is 1.94 bits per heavy atom. The number of nitrogens with zero attached hydrogens (tertiary/aromatic N) is 2. The Labute approximate surface area is 184 Å². The summed E-state index contributed by atoms with van der Waals surface area (Å²) in [5, 5.41) is 12.1. The highest BCUT2D eigenvalue weighted by molar-refractivity contribution is 6.02. The molecule has 1 N–H and O–H groups in total. The summed E-state index contributed by atoms with van der Waals surface area (Å²) in [5.74, 6) is 1.69. The predicted octanol–water partition coefficient (Wildman–Crippen LogP) is 4.47. The normalized spacial score (nSPS) is 11.1. The fraction of sp³-hybridized carbons (Fsp3) is 0.120. The van der Waals surface area contributed by atoms with Crippen molar-refractivity contribution in [3.05, 3.63) is 82.6 Å². The zero-order valence-electron chi connectivity index (χ0n) is 17.9. The average Bonchev–Trinajstić information content (AvgIpc) is 2.84. The van der Waals surface area contributed by atoms with Crippen molar-refractivity contribution in [1.82, 2.24) is 4.57 Å². The Morgan fingerprint density at radius 1 is 0.781 bits per heavy atom. The first-order valence-corrected chi connectivity index (χ1v) is 9.84. The van der Waals surface area contributed by atoms with Gasteiger partial charge in [-0.05, 0) is 66.7 Å². The topological polar surface area (TPSA) is 82.3 Å². The third-order valence-corrected chi connectivity index (χ3v) is 5.15. The molecule has 1 aromatic heterocycles. The van der Waals surface area contributed by atoms with Crippen LogP contribution in [-0.4, -0.2) is 37.2 Å². The van der Waals surface area contributed by atoms with E-state index in [2.05, 4.69) is 4.99 Å². The lowest BCUT2D eigenvalue weighted by Gasteiger charge is -2.14. The zero-order valence-corrected chi connectivity index (χ0v) is 17.9. The van der Waals surface area contributed by atoms with Crippen LogP contribution in [0.2, 0.25) is 0 Å². The van der Waals surface area contributed by atoms with Crippen LogP contribution in [0.15, 0.2) is 76.5 Å². The number of rotatable bonds is 6. The van der Waals surface area contributed by atoms with Gasteiger partial charge in [0.1, 0.15) is 17.2 Å². The van der Waals surface area contributed by atoms with Crippen molar-refractivity contribution in [1.29, 1.82) is 0 Å². The van der Waals surface area contributed by atoms with Crippen molar-refractivity contribution in [3.63, 3.8) is 0 Å². The predicted molar refractivity (Wildman–Crippen MR) is 125 cm³/mol. The maximum absolute atomic E-state index is 13.3. The highest BCUT2D eigenvalue weighted by Crippen LogP contribution is 2.29. The fourth-order valence-electron chi connectivity index (χ4n) is 3.43. The molecule has 4 rings (SSSR count). The molecule has 7 nitrogen and oxygen atoms in total. The quantitative estimate of drug-likeness (QED) is 0.456. The van der Waals surface area contributed by atoms with Crippen LogP contribution in [0.5, 0.6) is 23.1 Å². The first-order chi connectivity index (χ1) is 15.5. The Hall–Kier alpha value is -4.26. The van der Waals surface area contributed by atoms with Crippen LogP contribution in [0.4, 0.5) is 5.69 Å². The number of aromatic hydroxyl groups is 1. The van der Waals surface area contributed by atoms with Crippen LogP contribution >= 0.6 is 0 Å². The molecule has 0 amide bonds. The van der Waals surface area contributed by atoms with Gasteiger partial charge in [-0.1, -0.05) is 0 Å². The summed E-state index contributed by atoms with van der Waals surface area (Å²) in [6.45, 7) is 0. The molecule has 0 unspecified atom stereocenters. The van der Waals surface area contributed by atoms with Gasteiger partial charge in [0, 0.05) is 11.6 Å². The molecule has 1 heterocycles. The van der Waals surface area contributed by atoms with E-state index in [1.807, 2.05) is 0 Å². The smallest absolute Gasteiger partial charge is 0.265 e. The van der Waals surface area contributed by atoms with Crippen LogP contribution in [0, 0.1) is 0 Å². The molecular formula is C25H22N2O5. The van der Waals surface area contributed by atoms with Crippen LogP contribution in [0.1, 0.15) is 5.56 Å². The van der Waals surface area contributed by atoms with Gasteiger partial charge in [-0.2, -0.15) is 0 Å². The van der Waals surface area contributed by atoms with Gasteiger partial charge in [0.05, 0.1) is 43.7 Å². The van der Waals surface area contributed by atoms with Gasteiger partial charge in [-0.3, -0.25) is 9.79 Å².